The summed E-state index contributed by atoms with van der Waals surface area (Å²) in [4.78, 5) is 21.5. The molecule has 9 heteroatoms. The molecule has 0 radical (unpaired) electrons. The van der Waals surface area contributed by atoms with Crippen LogP contribution in [0.15, 0.2) is 55.9 Å². The molecule has 0 saturated carbocycles. The normalized spacial score (nSPS) is 15.7. The predicted molar refractivity (Wildman–Crippen MR) is 105 cm³/mol. The number of hydrazone groups is 1. The van der Waals surface area contributed by atoms with Gasteiger partial charge < -0.3 is 9.94 Å². The van der Waals surface area contributed by atoms with E-state index in [-0.39, 0.29) is 5.71 Å². The zero-order valence-corrected chi connectivity index (χ0v) is 15.7. The molecule has 0 fully saturated rings. The maximum atomic E-state index is 11.2. The minimum absolute atomic E-state index is 0.152. The van der Waals surface area contributed by atoms with Crippen molar-refractivity contribution in [3.8, 4) is 0 Å². The molecule has 0 aliphatic carbocycles. The van der Waals surface area contributed by atoms with Crippen molar-refractivity contribution in [2.75, 3.05) is 13.4 Å². The number of aliphatic imine (C=N–C) groups is 1. The lowest BCUT2D eigenvalue weighted by molar-refractivity contribution is -0.129. The minimum atomic E-state index is -1.15. The molecule has 134 valence electrons. The first kappa shape index (κ1) is 18.2. The number of hydrogen-bond donors (Lipinski definition) is 2. The van der Waals surface area contributed by atoms with Crippen molar-refractivity contribution in [1.29, 1.82) is 0 Å². The van der Waals surface area contributed by atoms with Crippen molar-refractivity contribution in [3.63, 3.8) is 0 Å². The number of carboxylic acids is 1. The second-order valence-electron chi connectivity index (χ2n) is 5.24. The number of aliphatic carboxylic acids is 1. The van der Waals surface area contributed by atoms with Gasteiger partial charge in [-0.2, -0.15) is 5.10 Å². The Bertz CT molecular complexity index is 901. The van der Waals surface area contributed by atoms with Crippen molar-refractivity contribution in [2.24, 2.45) is 15.2 Å². The van der Waals surface area contributed by atoms with Crippen LogP contribution < -0.4 is 5.43 Å². The van der Waals surface area contributed by atoms with Crippen LogP contribution in [0.1, 0.15) is 17.5 Å². The summed E-state index contributed by atoms with van der Waals surface area (Å²) in [6.07, 6.45) is 2.63. The highest BCUT2D eigenvalue weighted by Gasteiger charge is 2.18. The van der Waals surface area contributed by atoms with Gasteiger partial charge in [-0.3, -0.25) is 5.43 Å². The van der Waals surface area contributed by atoms with Gasteiger partial charge in [-0.25, -0.2) is 9.79 Å². The number of benzene rings is 1. The van der Waals surface area contributed by atoms with Gasteiger partial charge in [-0.15, -0.1) is 23.1 Å². The van der Waals surface area contributed by atoms with E-state index < -0.39 is 5.97 Å². The van der Waals surface area contributed by atoms with Crippen LogP contribution in [-0.4, -0.2) is 41.7 Å². The zero-order valence-electron chi connectivity index (χ0n) is 14.1. The molecule has 1 aromatic heterocycles. The maximum Gasteiger partial charge on any atom is 0.358 e. The van der Waals surface area contributed by atoms with E-state index in [0.717, 1.165) is 11.3 Å². The van der Waals surface area contributed by atoms with E-state index >= 15 is 0 Å². The molecule has 0 amide bonds. The number of thiophene rings is 1. The van der Waals surface area contributed by atoms with Gasteiger partial charge >= 0.3 is 5.97 Å². The van der Waals surface area contributed by atoms with E-state index in [1.807, 2.05) is 18.4 Å². The number of nitrogens with zero attached hydrogens (tertiary/aromatic N) is 3. The third-order valence-electron chi connectivity index (χ3n) is 3.57. The molecule has 0 atom stereocenters. The third kappa shape index (κ3) is 4.12. The molecule has 1 aliphatic rings. The lowest BCUT2D eigenvalue weighted by atomic mass is 10.1. The average Bonchev–Trinajstić information content (AvgIpc) is 3.29. The molecule has 0 saturated heterocycles. The smallest absolute Gasteiger partial charge is 0.358 e. The SMILES string of the molecule is CON=C(C(=O)O)c1csc(/N=C2/CC(c3ccc(SC)cc3)=NN2)c1. The van der Waals surface area contributed by atoms with E-state index in [9.17, 15) is 9.90 Å². The number of rotatable bonds is 6. The van der Waals surface area contributed by atoms with Crippen LogP contribution in [0.4, 0.5) is 5.00 Å². The highest BCUT2D eigenvalue weighted by molar-refractivity contribution is 7.98. The first-order chi connectivity index (χ1) is 12.6. The van der Waals surface area contributed by atoms with E-state index in [1.165, 1.54) is 23.3 Å². The second kappa shape index (κ2) is 8.15. The molecular formula is C17H16N4O3S2. The summed E-state index contributed by atoms with van der Waals surface area (Å²) in [5.74, 6) is -0.440. The highest BCUT2D eigenvalue weighted by atomic mass is 32.2. The highest BCUT2D eigenvalue weighted by Crippen LogP contribution is 2.26. The maximum absolute atomic E-state index is 11.2. The second-order valence-corrected chi connectivity index (χ2v) is 7.00. The lowest BCUT2D eigenvalue weighted by Gasteiger charge is -2.00. The van der Waals surface area contributed by atoms with Crippen molar-refractivity contribution < 1.29 is 14.7 Å². The molecule has 26 heavy (non-hydrogen) atoms. The molecular weight excluding hydrogens is 372 g/mol. The number of nitrogens with one attached hydrogen (secondary N) is 1. The van der Waals surface area contributed by atoms with E-state index in [4.69, 9.17) is 0 Å². The van der Waals surface area contributed by atoms with Gasteiger partial charge in [0.05, 0.1) is 12.1 Å². The summed E-state index contributed by atoms with van der Waals surface area (Å²) in [7, 11) is 1.31. The average molecular weight is 388 g/mol. The quantitative estimate of drug-likeness (QED) is 0.450. The molecule has 2 heterocycles. The monoisotopic (exact) mass is 388 g/mol. The summed E-state index contributed by atoms with van der Waals surface area (Å²) in [6.45, 7) is 0. The summed E-state index contributed by atoms with van der Waals surface area (Å²) >= 11 is 3.02. The van der Waals surface area contributed by atoms with Gasteiger partial charge in [0.15, 0.2) is 5.71 Å². The fraction of sp³-hybridized carbons (Fsp3) is 0.176. The fourth-order valence-electron chi connectivity index (χ4n) is 2.33. The Kier molecular flexibility index (Phi) is 5.69. The Hall–Kier alpha value is -2.65. The van der Waals surface area contributed by atoms with Crippen LogP contribution in [0.2, 0.25) is 0 Å². The van der Waals surface area contributed by atoms with Gasteiger partial charge in [0.25, 0.3) is 0 Å². The molecule has 0 bridgehead atoms. The molecule has 1 aromatic carbocycles. The largest absolute Gasteiger partial charge is 0.476 e. The van der Waals surface area contributed by atoms with Crippen LogP contribution in [0, 0.1) is 0 Å². The molecule has 0 spiro atoms. The molecule has 1 aliphatic heterocycles. The van der Waals surface area contributed by atoms with Crippen molar-refractivity contribution in [2.45, 2.75) is 11.3 Å². The Balaban J connectivity index is 1.72. The van der Waals surface area contributed by atoms with Crippen LogP contribution in [0.3, 0.4) is 0 Å². The topological polar surface area (TPSA) is 95.6 Å². The molecule has 2 N–H and O–H groups in total. The van der Waals surface area contributed by atoms with Crippen molar-refractivity contribution >= 4 is 51.3 Å². The third-order valence-corrected chi connectivity index (χ3v) is 5.13. The predicted octanol–water partition coefficient (Wildman–Crippen LogP) is 3.33. The number of amidine groups is 1. The number of carboxylic acid groups (broad SMARTS) is 1. The standard InChI is InChI=1S/C17H16N4O3S2/c1-24-21-16(17(22)23)11-7-15(26-9-11)18-14-8-13(19-20-14)10-3-5-12(25-2)6-4-10/h3-7,9H,8H2,1-2H3,(H,18,20)(H,22,23). The van der Waals surface area contributed by atoms with Gasteiger partial charge in [-0.05, 0) is 30.0 Å². The Labute approximate surface area is 158 Å². The van der Waals surface area contributed by atoms with Crippen LogP contribution >= 0.6 is 23.1 Å². The number of oxime groups is 1. The van der Waals surface area contributed by atoms with E-state index in [0.29, 0.717) is 22.8 Å². The fourth-order valence-corrected chi connectivity index (χ4v) is 3.53. The summed E-state index contributed by atoms with van der Waals surface area (Å²) < 4.78 is 0. The first-order valence-electron chi connectivity index (χ1n) is 7.58. The van der Waals surface area contributed by atoms with Gasteiger partial charge in [0, 0.05) is 15.8 Å². The number of thioether (sulfide) groups is 1. The zero-order chi connectivity index (χ0) is 18.5. The summed E-state index contributed by atoms with van der Waals surface area (Å²) in [5.41, 5.74) is 5.20. The Morgan fingerprint density at radius 2 is 2.15 bits per heavy atom. The van der Waals surface area contributed by atoms with Crippen LogP contribution in [-0.2, 0) is 9.63 Å². The Morgan fingerprint density at radius 3 is 2.81 bits per heavy atom. The van der Waals surface area contributed by atoms with Crippen LogP contribution in [0.5, 0.6) is 0 Å². The van der Waals surface area contributed by atoms with Gasteiger partial charge in [0.1, 0.15) is 17.9 Å². The van der Waals surface area contributed by atoms with Gasteiger partial charge in [0.2, 0.25) is 0 Å². The lowest BCUT2D eigenvalue weighted by Crippen LogP contribution is -2.13. The first-order valence-corrected chi connectivity index (χ1v) is 9.69. The van der Waals surface area contributed by atoms with Crippen LogP contribution in [0.25, 0.3) is 0 Å². The minimum Gasteiger partial charge on any atom is -0.476 e. The molecule has 0 unspecified atom stereocenters. The summed E-state index contributed by atoms with van der Waals surface area (Å²) in [6, 6.07) is 9.87. The van der Waals surface area contributed by atoms with Crippen molar-refractivity contribution in [3.05, 3.63) is 46.8 Å². The molecule has 2 aromatic rings. The van der Waals surface area contributed by atoms with Crippen molar-refractivity contribution in [1.82, 2.24) is 5.43 Å². The molecule has 7 nitrogen and oxygen atoms in total. The molecule has 3 rings (SSSR count). The summed E-state index contributed by atoms with van der Waals surface area (Å²) in [5, 5.41) is 19.4. The van der Waals surface area contributed by atoms with Gasteiger partial charge in [-0.1, -0.05) is 17.3 Å². The number of hydrogen-bond acceptors (Lipinski definition) is 7. The van der Waals surface area contributed by atoms with E-state index in [1.54, 1.807) is 23.2 Å². The number of carbonyl (C=O) groups is 1. The van der Waals surface area contributed by atoms with E-state index in [2.05, 4.69) is 37.6 Å². The Morgan fingerprint density at radius 1 is 1.38 bits per heavy atom.